The fraction of sp³-hybridized carbons (Fsp3) is 0.500. The number of aromatic nitrogens is 1. The number of benzene rings is 1. The highest BCUT2D eigenvalue weighted by molar-refractivity contribution is 7.89. The maximum atomic E-state index is 13.6. The Balaban J connectivity index is 1.67. The fourth-order valence-corrected chi connectivity index (χ4v) is 6.25. The van der Waals surface area contributed by atoms with E-state index >= 15 is 0 Å². The Morgan fingerprint density at radius 2 is 1.86 bits per heavy atom. The minimum Gasteiger partial charge on any atom is -0.494 e. The van der Waals surface area contributed by atoms with E-state index in [2.05, 4.69) is 4.98 Å². The Labute approximate surface area is 202 Å². The van der Waals surface area contributed by atoms with Gasteiger partial charge in [0.2, 0.25) is 15.9 Å². The second-order valence-electron chi connectivity index (χ2n) is 8.81. The zero-order chi connectivity index (χ0) is 25.1. The molecule has 0 spiro atoms. The van der Waals surface area contributed by atoms with Crippen molar-refractivity contribution in [3.63, 3.8) is 0 Å². The molecular formula is C24H28F3N3O4S. The molecule has 0 N–H and O–H groups in total. The van der Waals surface area contributed by atoms with Crippen molar-refractivity contribution >= 4 is 15.9 Å². The third kappa shape index (κ3) is 5.95. The monoisotopic (exact) mass is 511 g/mol. The molecule has 1 atom stereocenters. The Hall–Kier alpha value is -2.66. The van der Waals surface area contributed by atoms with Gasteiger partial charge in [0.1, 0.15) is 10.6 Å². The number of carbonyl (C=O) groups is 1. The highest BCUT2D eigenvalue weighted by Crippen LogP contribution is 2.34. The number of halogens is 3. The van der Waals surface area contributed by atoms with Gasteiger partial charge in [0.05, 0.1) is 13.2 Å². The molecule has 190 valence electrons. The second kappa shape index (κ2) is 10.5. The van der Waals surface area contributed by atoms with Crippen LogP contribution in [-0.4, -0.2) is 60.8 Å². The summed E-state index contributed by atoms with van der Waals surface area (Å²) in [6, 6.07) is 9.60. The van der Waals surface area contributed by atoms with Gasteiger partial charge in [0, 0.05) is 25.3 Å². The Kier molecular flexibility index (Phi) is 7.65. The van der Waals surface area contributed by atoms with E-state index in [1.54, 1.807) is 4.90 Å². The summed E-state index contributed by atoms with van der Waals surface area (Å²) in [4.78, 5) is 17.3. The SMILES string of the molecule is O=C1CN(S(=O)(=O)c2cccnc2C(F)(F)F)CCCOc2cccc(c2)CCC2CCCCN12. The second-order valence-corrected chi connectivity index (χ2v) is 10.7. The number of pyridine rings is 1. The number of carbonyl (C=O) groups excluding carboxylic acids is 1. The normalized spacial score (nSPS) is 21.1. The van der Waals surface area contributed by atoms with Crippen LogP contribution in [0.1, 0.15) is 43.4 Å². The van der Waals surface area contributed by atoms with E-state index in [-0.39, 0.29) is 25.6 Å². The van der Waals surface area contributed by atoms with Gasteiger partial charge in [-0.05, 0) is 68.4 Å². The van der Waals surface area contributed by atoms with E-state index in [1.165, 1.54) is 0 Å². The van der Waals surface area contributed by atoms with E-state index < -0.39 is 39.2 Å². The van der Waals surface area contributed by atoms with Crippen LogP contribution in [0.3, 0.4) is 0 Å². The van der Waals surface area contributed by atoms with Gasteiger partial charge in [-0.3, -0.25) is 9.78 Å². The van der Waals surface area contributed by atoms with Crippen LogP contribution in [0.2, 0.25) is 0 Å². The molecule has 0 aliphatic carbocycles. The molecule has 1 saturated heterocycles. The van der Waals surface area contributed by atoms with Crippen molar-refractivity contribution < 1.29 is 31.1 Å². The van der Waals surface area contributed by atoms with E-state index in [1.807, 2.05) is 24.3 Å². The molecule has 1 aromatic carbocycles. The molecule has 35 heavy (non-hydrogen) atoms. The summed E-state index contributed by atoms with van der Waals surface area (Å²) in [5.41, 5.74) is -0.395. The molecule has 1 aromatic heterocycles. The average Bonchev–Trinajstić information content (AvgIpc) is 2.84. The van der Waals surface area contributed by atoms with Crippen LogP contribution in [0.15, 0.2) is 47.5 Å². The van der Waals surface area contributed by atoms with Crippen molar-refractivity contribution in [2.75, 3.05) is 26.2 Å². The van der Waals surface area contributed by atoms with Crippen LogP contribution < -0.4 is 4.74 Å². The summed E-state index contributed by atoms with van der Waals surface area (Å²) < 4.78 is 74.1. The molecule has 11 heteroatoms. The van der Waals surface area contributed by atoms with Gasteiger partial charge >= 0.3 is 6.18 Å². The molecule has 4 rings (SSSR count). The van der Waals surface area contributed by atoms with Crippen LogP contribution in [0.5, 0.6) is 5.75 Å². The van der Waals surface area contributed by atoms with E-state index in [0.29, 0.717) is 18.7 Å². The number of fused-ring (bicyclic) bond motifs is 3. The number of hydrogen-bond donors (Lipinski definition) is 0. The van der Waals surface area contributed by atoms with Gasteiger partial charge in [-0.25, -0.2) is 8.42 Å². The lowest BCUT2D eigenvalue weighted by molar-refractivity contribution is -0.143. The molecule has 0 saturated carbocycles. The van der Waals surface area contributed by atoms with Gasteiger partial charge < -0.3 is 9.64 Å². The Bertz CT molecular complexity index is 1160. The predicted molar refractivity (Wildman–Crippen MR) is 122 cm³/mol. The summed E-state index contributed by atoms with van der Waals surface area (Å²) in [7, 11) is -4.66. The van der Waals surface area contributed by atoms with Gasteiger partial charge in [-0.15, -0.1) is 0 Å². The first-order valence-corrected chi connectivity index (χ1v) is 13.1. The number of ether oxygens (including phenoxy) is 1. The molecule has 0 radical (unpaired) electrons. The number of nitrogens with zero attached hydrogens (tertiary/aromatic N) is 3. The largest absolute Gasteiger partial charge is 0.494 e. The van der Waals surface area contributed by atoms with Crippen LogP contribution in [0.4, 0.5) is 13.2 Å². The predicted octanol–water partition coefficient (Wildman–Crippen LogP) is 3.89. The van der Waals surface area contributed by atoms with Crippen molar-refractivity contribution in [2.45, 2.75) is 55.6 Å². The van der Waals surface area contributed by atoms with Crippen LogP contribution in [0.25, 0.3) is 0 Å². The smallest absolute Gasteiger partial charge is 0.434 e. The number of amides is 1. The topological polar surface area (TPSA) is 79.8 Å². The Morgan fingerprint density at radius 3 is 2.66 bits per heavy atom. The van der Waals surface area contributed by atoms with Crippen LogP contribution in [0, 0.1) is 0 Å². The zero-order valence-corrected chi connectivity index (χ0v) is 20.0. The first kappa shape index (κ1) is 25.4. The zero-order valence-electron chi connectivity index (χ0n) is 19.2. The molecule has 3 heterocycles. The minimum absolute atomic E-state index is 0.0579. The lowest BCUT2D eigenvalue weighted by Gasteiger charge is -2.37. The molecule has 7 nitrogen and oxygen atoms in total. The molecule has 1 unspecified atom stereocenters. The third-order valence-electron chi connectivity index (χ3n) is 6.40. The number of rotatable bonds is 2. The fourth-order valence-electron chi connectivity index (χ4n) is 4.66. The highest BCUT2D eigenvalue weighted by atomic mass is 32.2. The van der Waals surface area contributed by atoms with Gasteiger partial charge in [0.25, 0.3) is 0 Å². The van der Waals surface area contributed by atoms with Crippen molar-refractivity contribution in [1.29, 1.82) is 0 Å². The lowest BCUT2D eigenvalue weighted by Crippen LogP contribution is -2.49. The van der Waals surface area contributed by atoms with Crippen molar-refractivity contribution in [3.8, 4) is 5.75 Å². The summed E-state index contributed by atoms with van der Waals surface area (Å²) in [5, 5.41) is 0. The first-order chi connectivity index (χ1) is 16.7. The number of sulfonamides is 1. The number of aryl methyl sites for hydroxylation is 1. The molecule has 2 aromatic rings. The summed E-state index contributed by atoms with van der Waals surface area (Å²) in [5.74, 6) is 0.250. The molecule has 2 bridgehead atoms. The summed E-state index contributed by atoms with van der Waals surface area (Å²) in [6.45, 7) is -0.0504. The van der Waals surface area contributed by atoms with Crippen molar-refractivity contribution in [2.24, 2.45) is 0 Å². The lowest BCUT2D eigenvalue weighted by atomic mass is 9.95. The van der Waals surface area contributed by atoms with Crippen LogP contribution >= 0.6 is 0 Å². The number of piperidine rings is 1. The summed E-state index contributed by atoms with van der Waals surface area (Å²) >= 11 is 0. The van der Waals surface area contributed by atoms with E-state index in [9.17, 15) is 26.4 Å². The quantitative estimate of drug-likeness (QED) is 0.611. The van der Waals surface area contributed by atoms with Gasteiger partial charge in [-0.1, -0.05) is 12.1 Å². The molecule has 2 aliphatic heterocycles. The number of alkyl halides is 3. The minimum atomic E-state index is -4.96. The molecule has 2 aliphatic rings. The van der Waals surface area contributed by atoms with Crippen molar-refractivity contribution in [1.82, 2.24) is 14.2 Å². The van der Waals surface area contributed by atoms with Crippen LogP contribution in [-0.2, 0) is 27.4 Å². The standard InChI is InChI=1S/C24H28F3N3O4S/c25-24(26,27)23-21(9-4-12-28-23)35(32,33)29-13-5-15-34-20-8-3-6-18(16-20)10-11-19-7-1-2-14-30(19)22(31)17-29/h3-4,6,8-9,12,16,19H,1-2,5,7,10-11,13-15,17H2. The molecular weight excluding hydrogens is 483 g/mol. The third-order valence-corrected chi connectivity index (χ3v) is 8.28. The summed E-state index contributed by atoms with van der Waals surface area (Å²) in [6.07, 6.45) is 0.153. The molecule has 1 fully saturated rings. The maximum Gasteiger partial charge on any atom is 0.434 e. The van der Waals surface area contributed by atoms with E-state index in [0.717, 1.165) is 53.9 Å². The van der Waals surface area contributed by atoms with E-state index in [4.69, 9.17) is 4.74 Å². The number of hydrogen-bond acceptors (Lipinski definition) is 5. The van der Waals surface area contributed by atoms with Gasteiger partial charge in [0.15, 0.2) is 5.69 Å². The highest BCUT2D eigenvalue weighted by Gasteiger charge is 2.41. The average molecular weight is 512 g/mol. The maximum absolute atomic E-state index is 13.6. The molecule has 1 amide bonds. The first-order valence-electron chi connectivity index (χ1n) is 11.7. The van der Waals surface area contributed by atoms with Gasteiger partial charge in [-0.2, -0.15) is 17.5 Å². The Morgan fingerprint density at radius 1 is 1.03 bits per heavy atom. The van der Waals surface area contributed by atoms with Crippen molar-refractivity contribution in [3.05, 3.63) is 53.9 Å².